The number of carbonyl (C=O) groups excluding carboxylic acids is 1. The number of rotatable bonds is 4. The summed E-state index contributed by atoms with van der Waals surface area (Å²) in [5.74, 6) is -2.11. The third-order valence-electron chi connectivity index (χ3n) is 3.67. The lowest BCUT2D eigenvalue weighted by Crippen LogP contribution is -2.40. The lowest BCUT2D eigenvalue weighted by atomic mass is 9.99. The topological polar surface area (TPSA) is 123 Å². The molecule has 116 valence electrons. The van der Waals surface area contributed by atoms with Crippen LogP contribution in [0.2, 0.25) is 0 Å². The van der Waals surface area contributed by atoms with Crippen LogP contribution in [0.3, 0.4) is 0 Å². The van der Waals surface area contributed by atoms with Crippen LogP contribution in [-0.4, -0.2) is 47.4 Å². The van der Waals surface area contributed by atoms with Gasteiger partial charge in [0.2, 0.25) is 10.0 Å². The summed E-state index contributed by atoms with van der Waals surface area (Å²) in [7, 11) is -2.20. The predicted octanol–water partition coefficient (Wildman–Crippen LogP) is -0.391. The summed E-state index contributed by atoms with van der Waals surface area (Å²) >= 11 is 0. The molecule has 1 aliphatic heterocycles. The van der Waals surface area contributed by atoms with Crippen molar-refractivity contribution in [3.63, 3.8) is 0 Å². The largest absolute Gasteiger partial charge is 0.481 e. The molecule has 21 heavy (non-hydrogen) atoms. The van der Waals surface area contributed by atoms with E-state index in [1.807, 2.05) is 0 Å². The Morgan fingerprint density at radius 1 is 1.33 bits per heavy atom. The first kappa shape index (κ1) is 15.5. The molecule has 1 aromatic heterocycles. The normalized spacial score (nSPS) is 17.8. The molecular formula is C12H17N3O5S. The van der Waals surface area contributed by atoms with Crippen LogP contribution in [0.15, 0.2) is 17.2 Å². The second-order valence-corrected chi connectivity index (χ2v) is 6.99. The number of carboxylic acids is 1. The molecule has 2 heterocycles. The molecular weight excluding hydrogens is 298 g/mol. The van der Waals surface area contributed by atoms with Crippen LogP contribution < -0.4 is 5.73 Å². The van der Waals surface area contributed by atoms with Crippen molar-refractivity contribution in [2.45, 2.75) is 17.7 Å². The number of aliphatic carboxylic acids is 1. The monoisotopic (exact) mass is 315 g/mol. The van der Waals surface area contributed by atoms with Crippen LogP contribution in [0.25, 0.3) is 0 Å². The Balaban J connectivity index is 2.21. The highest BCUT2D eigenvalue weighted by Gasteiger charge is 2.33. The van der Waals surface area contributed by atoms with Crippen molar-refractivity contribution < 1.29 is 23.1 Å². The van der Waals surface area contributed by atoms with E-state index in [9.17, 15) is 18.0 Å². The highest BCUT2D eigenvalue weighted by molar-refractivity contribution is 7.89. The number of hydrogen-bond acceptors (Lipinski definition) is 4. The average molecular weight is 315 g/mol. The molecule has 1 aromatic rings. The number of hydrogen-bond donors (Lipinski definition) is 2. The number of amides is 1. The fourth-order valence-electron chi connectivity index (χ4n) is 2.41. The summed E-state index contributed by atoms with van der Waals surface area (Å²) in [6, 6.07) is 1.24. The molecule has 0 radical (unpaired) electrons. The Hall–Kier alpha value is -1.87. The maximum absolute atomic E-state index is 12.5. The highest BCUT2D eigenvalue weighted by Crippen LogP contribution is 2.24. The van der Waals surface area contributed by atoms with E-state index >= 15 is 0 Å². The molecule has 0 aromatic carbocycles. The molecule has 9 heteroatoms. The van der Waals surface area contributed by atoms with E-state index in [1.165, 1.54) is 28.2 Å². The van der Waals surface area contributed by atoms with Gasteiger partial charge in [-0.3, -0.25) is 9.59 Å². The van der Waals surface area contributed by atoms with Crippen LogP contribution in [0, 0.1) is 5.92 Å². The molecule has 1 fully saturated rings. The van der Waals surface area contributed by atoms with Crippen molar-refractivity contribution in [3.8, 4) is 0 Å². The van der Waals surface area contributed by atoms with Crippen LogP contribution in [0.5, 0.6) is 0 Å². The highest BCUT2D eigenvalue weighted by atomic mass is 32.2. The van der Waals surface area contributed by atoms with Crippen molar-refractivity contribution in [1.29, 1.82) is 0 Å². The number of carboxylic acid groups (broad SMARTS) is 1. The van der Waals surface area contributed by atoms with E-state index in [2.05, 4.69) is 0 Å². The van der Waals surface area contributed by atoms with Crippen LogP contribution in [-0.2, 0) is 21.9 Å². The molecule has 0 atom stereocenters. The van der Waals surface area contributed by atoms with Crippen molar-refractivity contribution in [1.82, 2.24) is 8.87 Å². The minimum absolute atomic E-state index is 0.00687. The Kier molecular flexibility index (Phi) is 4.06. The van der Waals surface area contributed by atoms with E-state index < -0.39 is 27.8 Å². The summed E-state index contributed by atoms with van der Waals surface area (Å²) in [6.07, 6.45) is 1.90. The molecule has 1 amide bonds. The molecule has 1 aliphatic rings. The van der Waals surface area contributed by atoms with Gasteiger partial charge in [0, 0.05) is 26.3 Å². The van der Waals surface area contributed by atoms with Crippen LogP contribution >= 0.6 is 0 Å². The fraction of sp³-hybridized carbons (Fsp3) is 0.500. The first-order valence-electron chi connectivity index (χ1n) is 6.42. The number of sulfonamides is 1. The second kappa shape index (κ2) is 5.49. The minimum atomic E-state index is -3.73. The zero-order chi connectivity index (χ0) is 15.8. The van der Waals surface area contributed by atoms with Crippen LogP contribution in [0.1, 0.15) is 23.3 Å². The molecule has 0 aliphatic carbocycles. The van der Waals surface area contributed by atoms with Crippen molar-refractivity contribution >= 4 is 21.9 Å². The van der Waals surface area contributed by atoms with Gasteiger partial charge in [-0.2, -0.15) is 4.31 Å². The Bertz CT molecular complexity index is 671. The van der Waals surface area contributed by atoms with Gasteiger partial charge in [0.15, 0.2) is 0 Å². The first-order chi connectivity index (χ1) is 9.73. The number of nitrogens with zero attached hydrogens (tertiary/aromatic N) is 2. The molecule has 0 bridgehead atoms. The second-order valence-electron chi connectivity index (χ2n) is 5.05. The standard InChI is InChI=1S/C12H17N3O5S/c1-14-7-9(6-10(14)11(13)16)21(19,20)15-4-2-8(3-5-15)12(17)18/h6-8H,2-5H2,1H3,(H2,13,16)(H,17,18). The van der Waals surface area contributed by atoms with Gasteiger partial charge in [-0.15, -0.1) is 0 Å². The Morgan fingerprint density at radius 2 is 1.90 bits per heavy atom. The first-order valence-corrected chi connectivity index (χ1v) is 7.86. The fourth-order valence-corrected chi connectivity index (χ4v) is 3.95. The van der Waals surface area contributed by atoms with E-state index in [1.54, 1.807) is 0 Å². The van der Waals surface area contributed by atoms with E-state index in [-0.39, 0.29) is 36.5 Å². The molecule has 8 nitrogen and oxygen atoms in total. The quantitative estimate of drug-likeness (QED) is 0.783. The van der Waals surface area contributed by atoms with Gasteiger partial charge in [0.05, 0.1) is 5.92 Å². The van der Waals surface area contributed by atoms with Crippen molar-refractivity contribution in [3.05, 3.63) is 18.0 Å². The summed E-state index contributed by atoms with van der Waals surface area (Å²) in [6.45, 7) is 0.306. The van der Waals surface area contributed by atoms with Crippen LogP contribution in [0.4, 0.5) is 0 Å². The molecule has 0 unspecified atom stereocenters. The molecule has 0 saturated carbocycles. The number of aromatic nitrogens is 1. The van der Waals surface area contributed by atoms with Gasteiger partial charge in [0.25, 0.3) is 5.91 Å². The summed E-state index contributed by atoms with van der Waals surface area (Å²) in [5.41, 5.74) is 5.27. The zero-order valence-corrected chi connectivity index (χ0v) is 12.3. The molecule has 0 spiro atoms. The molecule has 1 saturated heterocycles. The van der Waals surface area contributed by atoms with E-state index in [0.717, 1.165) is 0 Å². The average Bonchev–Trinajstić information content (AvgIpc) is 2.82. The number of primary amides is 1. The third kappa shape index (κ3) is 2.93. The predicted molar refractivity (Wildman–Crippen MR) is 73.0 cm³/mol. The Morgan fingerprint density at radius 3 is 2.33 bits per heavy atom. The maximum Gasteiger partial charge on any atom is 0.306 e. The number of piperidine rings is 1. The summed E-state index contributed by atoms with van der Waals surface area (Å²) < 4.78 is 27.5. The lowest BCUT2D eigenvalue weighted by molar-refractivity contribution is -0.142. The zero-order valence-electron chi connectivity index (χ0n) is 11.5. The maximum atomic E-state index is 12.5. The van der Waals surface area contributed by atoms with Crippen molar-refractivity contribution in [2.24, 2.45) is 18.7 Å². The lowest BCUT2D eigenvalue weighted by Gasteiger charge is -2.28. The van der Waals surface area contributed by atoms with E-state index in [0.29, 0.717) is 0 Å². The van der Waals surface area contributed by atoms with Crippen molar-refractivity contribution in [2.75, 3.05) is 13.1 Å². The van der Waals surface area contributed by atoms with Gasteiger partial charge in [0.1, 0.15) is 10.6 Å². The van der Waals surface area contributed by atoms with Gasteiger partial charge in [-0.05, 0) is 18.9 Å². The smallest absolute Gasteiger partial charge is 0.306 e. The van der Waals surface area contributed by atoms with Gasteiger partial charge in [-0.25, -0.2) is 8.42 Å². The number of nitrogens with two attached hydrogens (primary N) is 1. The SMILES string of the molecule is Cn1cc(S(=O)(=O)N2CCC(C(=O)O)CC2)cc1C(N)=O. The number of carbonyl (C=O) groups is 2. The van der Waals surface area contributed by atoms with Gasteiger partial charge in [-0.1, -0.05) is 0 Å². The summed E-state index contributed by atoms with van der Waals surface area (Å²) in [4.78, 5) is 22.1. The molecule has 3 N–H and O–H groups in total. The minimum Gasteiger partial charge on any atom is -0.481 e. The Labute approximate surface area is 122 Å². The summed E-state index contributed by atoms with van der Waals surface area (Å²) in [5, 5.41) is 8.92. The van der Waals surface area contributed by atoms with Gasteiger partial charge < -0.3 is 15.4 Å². The number of aryl methyl sites for hydroxylation is 1. The third-order valence-corrected chi connectivity index (χ3v) is 5.54. The van der Waals surface area contributed by atoms with E-state index in [4.69, 9.17) is 10.8 Å². The van der Waals surface area contributed by atoms with Gasteiger partial charge >= 0.3 is 5.97 Å². The molecule has 2 rings (SSSR count).